The first kappa shape index (κ1) is 9.93. The fraction of sp³-hybridized carbons (Fsp3) is 0.900. The molecule has 2 heterocycles. The van der Waals surface area contributed by atoms with Crippen LogP contribution >= 0.6 is 0 Å². The molecule has 2 aliphatic heterocycles. The van der Waals surface area contributed by atoms with Gasteiger partial charge in [-0.05, 0) is 32.9 Å². The van der Waals surface area contributed by atoms with Gasteiger partial charge in [-0.1, -0.05) is 0 Å². The molecule has 4 nitrogen and oxygen atoms in total. The Morgan fingerprint density at radius 2 is 1.93 bits per heavy atom. The number of likely N-dealkylation sites (tertiary alicyclic amines) is 2. The number of carbonyl (C=O) groups is 1. The molecule has 2 rings (SSSR count). The Morgan fingerprint density at radius 1 is 1.36 bits per heavy atom. The molecule has 0 aromatic rings. The van der Waals surface area contributed by atoms with E-state index < -0.39 is 5.97 Å². The van der Waals surface area contributed by atoms with E-state index in [0.717, 1.165) is 13.1 Å². The molecule has 0 saturated carbocycles. The van der Waals surface area contributed by atoms with Gasteiger partial charge in [-0.15, -0.1) is 0 Å². The monoisotopic (exact) mass is 198 g/mol. The first-order chi connectivity index (χ1) is 6.68. The number of carboxylic acids is 1. The lowest BCUT2D eigenvalue weighted by molar-refractivity contribution is -0.145. The zero-order valence-electron chi connectivity index (χ0n) is 8.65. The van der Waals surface area contributed by atoms with Crippen LogP contribution in [0.15, 0.2) is 0 Å². The van der Waals surface area contributed by atoms with E-state index in [2.05, 4.69) is 4.90 Å². The minimum atomic E-state index is -0.704. The zero-order valence-corrected chi connectivity index (χ0v) is 8.65. The number of carboxylic acid groups (broad SMARTS) is 1. The quantitative estimate of drug-likeness (QED) is 0.705. The van der Waals surface area contributed by atoms with Crippen molar-refractivity contribution < 1.29 is 9.90 Å². The Kier molecular flexibility index (Phi) is 2.74. The van der Waals surface area contributed by atoms with Crippen molar-refractivity contribution in [3.05, 3.63) is 0 Å². The maximum absolute atomic E-state index is 10.7. The summed E-state index contributed by atoms with van der Waals surface area (Å²) >= 11 is 0. The van der Waals surface area contributed by atoms with Crippen molar-refractivity contribution >= 4 is 5.97 Å². The van der Waals surface area contributed by atoms with Crippen LogP contribution in [0.5, 0.6) is 0 Å². The Morgan fingerprint density at radius 3 is 2.43 bits per heavy atom. The molecular weight excluding hydrogens is 180 g/mol. The number of aliphatic carboxylic acids is 1. The summed E-state index contributed by atoms with van der Waals surface area (Å²) in [7, 11) is 0. The van der Waals surface area contributed by atoms with Crippen molar-refractivity contribution in [2.24, 2.45) is 0 Å². The van der Waals surface area contributed by atoms with Gasteiger partial charge >= 0.3 is 5.97 Å². The standard InChI is InChI=1S/C10H18N2O2/c1-8(10(13)14)12-6-9(7-12)11-4-2-3-5-11/h8-9H,2-7H2,1H3,(H,13,14). The van der Waals surface area contributed by atoms with E-state index >= 15 is 0 Å². The van der Waals surface area contributed by atoms with Crippen molar-refractivity contribution in [2.45, 2.75) is 31.8 Å². The number of rotatable bonds is 3. The van der Waals surface area contributed by atoms with E-state index in [1.54, 1.807) is 6.92 Å². The Bertz CT molecular complexity index is 220. The lowest BCUT2D eigenvalue weighted by atomic mass is 10.0. The van der Waals surface area contributed by atoms with Gasteiger partial charge in [0.05, 0.1) is 0 Å². The van der Waals surface area contributed by atoms with Crippen LogP contribution in [0.4, 0.5) is 0 Å². The highest BCUT2D eigenvalue weighted by molar-refractivity contribution is 5.73. The first-order valence-corrected chi connectivity index (χ1v) is 5.39. The maximum atomic E-state index is 10.7. The smallest absolute Gasteiger partial charge is 0.320 e. The Labute approximate surface area is 84.5 Å². The average Bonchev–Trinajstić information content (AvgIpc) is 2.54. The molecule has 0 aromatic carbocycles. The third-order valence-electron chi connectivity index (χ3n) is 3.45. The van der Waals surface area contributed by atoms with Crippen LogP contribution in [0.3, 0.4) is 0 Å². The number of hydrogen-bond donors (Lipinski definition) is 1. The molecule has 14 heavy (non-hydrogen) atoms. The SMILES string of the molecule is CC(C(=O)O)N1CC(N2CCCC2)C1. The normalized spacial score (nSPS) is 27.5. The van der Waals surface area contributed by atoms with Crippen LogP contribution in [0, 0.1) is 0 Å². The van der Waals surface area contributed by atoms with Gasteiger partial charge in [-0.3, -0.25) is 14.6 Å². The third kappa shape index (κ3) is 1.77. The summed E-state index contributed by atoms with van der Waals surface area (Å²) in [5.41, 5.74) is 0. The molecule has 0 spiro atoms. The summed E-state index contributed by atoms with van der Waals surface area (Å²) in [5, 5.41) is 8.81. The summed E-state index contributed by atoms with van der Waals surface area (Å²) in [6, 6.07) is 0.313. The van der Waals surface area contributed by atoms with Gasteiger partial charge < -0.3 is 5.11 Å². The molecule has 2 fully saturated rings. The van der Waals surface area contributed by atoms with E-state index in [9.17, 15) is 4.79 Å². The van der Waals surface area contributed by atoms with E-state index in [4.69, 9.17) is 5.11 Å². The largest absolute Gasteiger partial charge is 0.480 e. The minimum Gasteiger partial charge on any atom is -0.480 e. The molecule has 0 aliphatic carbocycles. The molecule has 0 aromatic heterocycles. The molecule has 80 valence electrons. The molecule has 0 radical (unpaired) electrons. The highest BCUT2D eigenvalue weighted by atomic mass is 16.4. The van der Waals surface area contributed by atoms with Gasteiger partial charge in [0.25, 0.3) is 0 Å². The van der Waals surface area contributed by atoms with E-state index in [0.29, 0.717) is 6.04 Å². The molecule has 1 unspecified atom stereocenters. The second-order valence-electron chi connectivity index (χ2n) is 4.37. The molecule has 2 aliphatic rings. The van der Waals surface area contributed by atoms with Crippen molar-refractivity contribution in [3.8, 4) is 0 Å². The molecule has 0 bridgehead atoms. The molecule has 2 saturated heterocycles. The molecule has 4 heteroatoms. The summed E-state index contributed by atoms with van der Waals surface area (Å²) < 4.78 is 0. The van der Waals surface area contributed by atoms with E-state index in [-0.39, 0.29) is 6.04 Å². The van der Waals surface area contributed by atoms with E-state index in [1.165, 1.54) is 25.9 Å². The van der Waals surface area contributed by atoms with Crippen molar-refractivity contribution in [1.82, 2.24) is 9.80 Å². The van der Waals surface area contributed by atoms with Crippen molar-refractivity contribution in [1.29, 1.82) is 0 Å². The fourth-order valence-electron chi connectivity index (χ4n) is 2.30. The fourth-order valence-corrected chi connectivity index (χ4v) is 2.30. The van der Waals surface area contributed by atoms with Gasteiger partial charge in [0, 0.05) is 19.1 Å². The predicted octanol–water partition coefficient (Wildman–Crippen LogP) is 0.239. The summed E-state index contributed by atoms with van der Waals surface area (Å²) in [6.07, 6.45) is 2.62. The zero-order chi connectivity index (χ0) is 10.1. The molecule has 1 atom stereocenters. The molecule has 1 N–H and O–H groups in total. The van der Waals surface area contributed by atoms with Crippen LogP contribution in [0.2, 0.25) is 0 Å². The predicted molar refractivity (Wildman–Crippen MR) is 53.3 cm³/mol. The van der Waals surface area contributed by atoms with Gasteiger partial charge in [-0.25, -0.2) is 0 Å². The highest BCUT2D eigenvalue weighted by Gasteiger charge is 2.37. The topological polar surface area (TPSA) is 43.8 Å². The van der Waals surface area contributed by atoms with Crippen LogP contribution in [-0.4, -0.2) is 59.1 Å². The molecular formula is C10H18N2O2. The van der Waals surface area contributed by atoms with Gasteiger partial charge in [0.15, 0.2) is 0 Å². The minimum absolute atomic E-state index is 0.311. The van der Waals surface area contributed by atoms with Crippen LogP contribution in [0.25, 0.3) is 0 Å². The highest BCUT2D eigenvalue weighted by Crippen LogP contribution is 2.21. The van der Waals surface area contributed by atoms with Crippen LogP contribution in [-0.2, 0) is 4.79 Å². The Balaban J connectivity index is 1.75. The average molecular weight is 198 g/mol. The Hall–Kier alpha value is -0.610. The number of hydrogen-bond acceptors (Lipinski definition) is 3. The summed E-state index contributed by atoms with van der Waals surface area (Å²) in [5.74, 6) is -0.704. The maximum Gasteiger partial charge on any atom is 0.320 e. The lowest BCUT2D eigenvalue weighted by Crippen LogP contribution is -2.62. The third-order valence-corrected chi connectivity index (χ3v) is 3.45. The van der Waals surface area contributed by atoms with Crippen molar-refractivity contribution in [3.63, 3.8) is 0 Å². The summed E-state index contributed by atoms with van der Waals surface area (Å²) in [6.45, 7) is 6.06. The first-order valence-electron chi connectivity index (χ1n) is 5.39. The lowest BCUT2D eigenvalue weighted by Gasteiger charge is -2.45. The second-order valence-corrected chi connectivity index (χ2v) is 4.37. The van der Waals surface area contributed by atoms with Crippen LogP contribution < -0.4 is 0 Å². The van der Waals surface area contributed by atoms with Crippen molar-refractivity contribution in [2.75, 3.05) is 26.2 Å². The summed E-state index contributed by atoms with van der Waals surface area (Å²) in [4.78, 5) is 15.2. The molecule has 0 amide bonds. The van der Waals surface area contributed by atoms with Gasteiger partial charge in [-0.2, -0.15) is 0 Å². The van der Waals surface area contributed by atoms with Gasteiger partial charge in [0.1, 0.15) is 6.04 Å². The van der Waals surface area contributed by atoms with E-state index in [1.807, 2.05) is 4.90 Å². The van der Waals surface area contributed by atoms with Crippen LogP contribution in [0.1, 0.15) is 19.8 Å². The van der Waals surface area contributed by atoms with Gasteiger partial charge in [0.2, 0.25) is 0 Å². The number of nitrogens with zero attached hydrogens (tertiary/aromatic N) is 2. The second kappa shape index (κ2) is 3.87.